The van der Waals surface area contributed by atoms with E-state index in [1.165, 1.54) is 6.33 Å². The van der Waals surface area contributed by atoms with E-state index in [-0.39, 0.29) is 17.6 Å². The fourth-order valence-electron chi connectivity index (χ4n) is 3.56. The van der Waals surface area contributed by atoms with E-state index in [1.54, 1.807) is 0 Å². The predicted molar refractivity (Wildman–Crippen MR) is 96.6 cm³/mol. The molecule has 0 aromatic carbocycles. The summed E-state index contributed by atoms with van der Waals surface area (Å²) in [6.07, 6.45) is -2.98. The molecule has 29 heavy (non-hydrogen) atoms. The zero-order valence-corrected chi connectivity index (χ0v) is 14.5. The van der Waals surface area contributed by atoms with E-state index >= 15 is 0 Å². The van der Waals surface area contributed by atoms with Crippen molar-refractivity contribution in [1.29, 1.82) is 0 Å². The smallest absolute Gasteiger partial charge is 0.233 e. The van der Waals surface area contributed by atoms with E-state index in [4.69, 9.17) is 4.74 Å². The summed E-state index contributed by atoms with van der Waals surface area (Å²) in [5.41, 5.74) is 1.99. The maximum absolute atomic E-state index is 10.4. The first kappa shape index (κ1) is 16.5. The lowest BCUT2D eigenvalue weighted by Crippen LogP contribution is -2.32. The lowest BCUT2D eigenvalue weighted by molar-refractivity contribution is -0.0235. The molecular weight excluding hydrogens is 384 g/mol. The number of anilines is 4. The molecule has 2 aliphatic heterocycles. The molecule has 4 aromatic rings. The molecule has 4 atom stereocenters. The van der Waals surface area contributed by atoms with Gasteiger partial charge >= 0.3 is 0 Å². The molecular formula is C15H14N10O4. The molecule has 5 bridgehead atoms. The summed E-state index contributed by atoms with van der Waals surface area (Å²) in [6, 6.07) is 0. The van der Waals surface area contributed by atoms with Gasteiger partial charge in [0.05, 0.1) is 12.9 Å². The van der Waals surface area contributed by atoms with Gasteiger partial charge in [-0.1, -0.05) is 0 Å². The van der Waals surface area contributed by atoms with Crippen LogP contribution in [0.1, 0.15) is 11.8 Å². The van der Waals surface area contributed by atoms with Crippen LogP contribution in [0.2, 0.25) is 0 Å². The number of aliphatic hydroxyl groups is 3. The van der Waals surface area contributed by atoms with Crippen LogP contribution in [-0.4, -0.2) is 80.1 Å². The average Bonchev–Trinajstić information content (AvgIpc) is 3.39. The summed E-state index contributed by atoms with van der Waals surface area (Å²) in [5, 5.41) is 35.9. The third-order valence-electron chi connectivity index (χ3n) is 4.94. The van der Waals surface area contributed by atoms with E-state index < -0.39 is 31.0 Å². The number of hydrogen-bond acceptors (Lipinski definition) is 12. The molecule has 1 saturated heterocycles. The van der Waals surface area contributed by atoms with Crippen LogP contribution in [0.4, 0.5) is 23.7 Å². The van der Waals surface area contributed by atoms with Gasteiger partial charge in [-0.25, -0.2) is 9.97 Å². The molecule has 14 nitrogen and oxygen atoms in total. The molecule has 4 aromatic heterocycles. The minimum absolute atomic E-state index is 0.158. The number of nitrogens with one attached hydrogen (secondary N) is 4. The van der Waals surface area contributed by atoms with Gasteiger partial charge in [0.1, 0.15) is 41.1 Å². The van der Waals surface area contributed by atoms with Crippen molar-refractivity contribution < 1.29 is 20.1 Å². The minimum atomic E-state index is -1.29. The van der Waals surface area contributed by atoms with Crippen LogP contribution in [-0.2, 0) is 4.74 Å². The van der Waals surface area contributed by atoms with Crippen molar-refractivity contribution in [3.63, 3.8) is 0 Å². The van der Waals surface area contributed by atoms with Gasteiger partial charge in [-0.2, -0.15) is 19.9 Å². The number of aromatic amines is 2. The van der Waals surface area contributed by atoms with E-state index in [2.05, 4.69) is 50.5 Å². The summed E-state index contributed by atoms with van der Waals surface area (Å²) >= 11 is 0. The van der Waals surface area contributed by atoms with Crippen molar-refractivity contribution in [1.82, 2.24) is 39.9 Å². The Hall–Kier alpha value is -3.46. The fourth-order valence-corrected chi connectivity index (χ4v) is 3.56. The number of hydrogen-bond donors (Lipinski definition) is 7. The molecule has 6 rings (SSSR count). The Morgan fingerprint density at radius 2 is 1.76 bits per heavy atom. The Morgan fingerprint density at radius 3 is 2.59 bits per heavy atom. The summed E-state index contributed by atoms with van der Waals surface area (Å²) in [5.74, 6) is 1.12. The van der Waals surface area contributed by atoms with Gasteiger partial charge < -0.3 is 35.3 Å². The first-order chi connectivity index (χ1) is 14.1. The van der Waals surface area contributed by atoms with Crippen LogP contribution in [0.15, 0.2) is 6.33 Å². The average molecular weight is 398 g/mol. The monoisotopic (exact) mass is 398 g/mol. The SMILES string of the molecule is OCC1OC(c2nc3nc4nc([nH]c24)Nc2nc(c4[nH]cnc4n2)N3)C(O)C1O. The molecule has 7 N–H and O–H groups in total. The first-order valence-corrected chi connectivity index (χ1v) is 8.76. The van der Waals surface area contributed by atoms with Gasteiger partial charge in [-0.05, 0) is 0 Å². The molecule has 6 heterocycles. The summed E-state index contributed by atoms with van der Waals surface area (Å²) in [4.78, 5) is 32.1. The second kappa shape index (κ2) is 5.77. The number of ether oxygens (including phenoxy) is 1. The lowest BCUT2D eigenvalue weighted by atomic mass is 10.1. The largest absolute Gasteiger partial charge is 0.394 e. The van der Waals surface area contributed by atoms with Gasteiger partial charge in [0.2, 0.25) is 17.8 Å². The van der Waals surface area contributed by atoms with E-state index in [0.29, 0.717) is 34.1 Å². The molecule has 14 heteroatoms. The standard InChI is InChI=1S/C15H14N10O4/c26-1-3-7(27)8(28)9(29-3)4-5-11-21-13(18-4)23-12-6-10(17-2-16-6)20-15(24-12)25-14(19-5)22-11/h2-3,7-9,26-28H,1H2,(H4,16,17,18,19,20,21,22,23,24,25). The molecule has 1 fully saturated rings. The first-order valence-electron chi connectivity index (χ1n) is 8.76. The number of fused-ring (bicyclic) bond motifs is 6. The van der Waals surface area contributed by atoms with E-state index in [0.717, 1.165) is 0 Å². The number of imidazole rings is 2. The van der Waals surface area contributed by atoms with E-state index in [1.807, 2.05) is 0 Å². The van der Waals surface area contributed by atoms with Crippen LogP contribution in [0.25, 0.3) is 22.3 Å². The zero-order chi connectivity index (χ0) is 19.7. The van der Waals surface area contributed by atoms with Gasteiger partial charge in [0.25, 0.3) is 0 Å². The highest BCUT2D eigenvalue weighted by Gasteiger charge is 2.45. The third kappa shape index (κ3) is 2.37. The number of nitrogens with zero attached hydrogens (tertiary/aromatic N) is 6. The van der Waals surface area contributed by atoms with Gasteiger partial charge in [-0.3, -0.25) is 5.32 Å². The topological polar surface area (TPSA) is 203 Å². The maximum Gasteiger partial charge on any atom is 0.233 e. The fraction of sp³-hybridized carbons (Fsp3) is 0.333. The van der Waals surface area contributed by atoms with Crippen molar-refractivity contribution >= 4 is 46.0 Å². The molecule has 0 amide bonds. The Labute approximate surface area is 160 Å². The second-order valence-corrected chi connectivity index (χ2v) is 6.72. The van der Waals surface area contributed by atoms with Gasteiger partial charge in [0, 0.05) is 0 Å². The quantitative estimate of drug-likeness (QED) is 0.191. The van der Waals surface area contributed by atoms with Crippen molar-refractivity contribution in [3.8, 4) is 0 Å². The molecule has 0 aliphatic carbocycles. The van der Waals surface area contributed by atoms with Crippen LogP contribution >= 0.6 is 0 Å². The molecule has 2 aliphatic rings. The summed E-state index contributed by atoms with van der Waals surface area (Å²) < 4.78 is 5.65. The predicted octanol–water partition coefficient (Wildman–Crippen LogP) is -1.03. The molecule has 0 saturated carbocycles. The number of rotatable bonds is 2. The van der Waals surface area contributed by atoms with Crippen molar-refractivity contribution in [2.24, 2.45) is 0 Å². The Balaban J connectivity index is 1.55. The Kier molecular flexibility index (Phi) is 3.28. The van der Waals surface area contributed by atoms with Crippen molar-refractivity contribution in [2.45, 2.75) is 24.4 Å². The number of aliphatic hydroxyl groups excluding tert-OH is 3. The van der Waals surface area contributed by atoms with Crippen LogP contribution in [0.5, 0.6) is 0 Å². The molecule has 0 spiro atoms. The lowest BCUT2D eigenvalue weighted by Gasteiger charge is -2.15. The third-order valence-corrected chi connectivity index (χ3v) is 4.94. The van der Waals surface area contributed by atoms with Crippen LogP contribution < -0.4 is 10.6 Å². The molecule has 4 unspecified atom stereocenters. The van der Waals surface area contributed by atoms with Gasteiger partial charge in [0.15, 0.2) is 17.1 Å². The van der Waals surface area contributed by atoms with Crippen molar-refractivity contribution in [2.75, 3.05) is 17.2 Å². The Morgan fingerprint density at radius 1 is 0.931 bits per heavy atom. The highest BCUT2D eigenvalue weighted by molar-refractivity contribution is 5.87. The maximum atomic E-state index is 10.4. The minimum Gasteiger partial charge on any atom is -0.394 e. The molecule has 148 valence electrons. The normalized spacial score (nSPS) is 25.6. The second-order valence-electron chi connectivity index (χ2n) is 6.72. The number of aromatic nitrogens is 8. The van der Waals surface area contributed by atoms with Crippen molar-refractivity contribution in [3.05, 3.63) is 12.0 Å². The number of H-pyrrole nitrogens is 2. The highest BCUT2D eigenvalue weighted by Crippen LogP contribution is 2.37. The zero-order valence-electron chi connectivity index (χ0n) is 14.5. The summed E-state index contributed by atoms with van der Waals surface area (Å²) in [7, 11) is 0. The van der Waals surface area contributed by atoms with Gasteiger partial charge in [-0.15, -0.1) is 0 Å². The highest BCUT2D eigenvalue weighted by atomic mass is 16.6. The Bertz CT molecular complexity index is 1250. The van der Waals surface area contributed by atoms with Crippen LogP contribution in [0, 0.1) is 0 Å². The summed E-state index contributed by atoms with van der Waals surface area (Å²) in [6.45, 7) is -0.441. The van der Waals surface area contributed by atoms with E-state index in [9.17, 15) is 15.3 Å². The molecule has 0 radical (unpaired) electrons. The van der Waals surface area contributed by atoms with Crippen LogP contribution in [0.3, 0.4) is 0 Å².